The highest BCUT2D eigenvalue weighted by atomic mass is 32.2. The van der Waals surface area contributed by atoms with Crippen LogP contribution in [-0.4, -0.2) is 16.1 Å². The average molecular weight is 280 g/mol. The van der Waals surface area contributed by atoms with Gasteiger partial charge in [0.05, 0.1) is 5.69 Å². The van der Waals surface area contributed by atoms with E-state index in [1.165, 1.54) is 0 Å². The summed E-state index contributed by atoms with van der Waals surface area (Å²) in [5.41, 5.74) is 8.34. The minimum absolute atomic E-state index is 0.139. The summed E-state index contributed by atoms with van der Waals surface area (Å²) >= 11 is 2.79. The predicted octanol–water partition coefficient (Wildman–Crippen LogP) is 3.02. The normalized spacial score (nSPS) is 10.5. The highest BCUT2D eigenvalue weighted by molar-refractivity contribution is 7.98. The summed E-state index contributed by atoms with van der Waals surface area (Å²) in [6.07, 6.45) is 0. The molecule has 0 spiro atoms. The minimum atomic E-state index is -0.972. The molecule has 1 aromatic heterocycles. The van der Waals surface area contributed by atoms with Gasteiger partial charge in [0.15, 0.2) is 0 Å². The number of benzene rings is 1. The Balaban J connectivity index is 2.04. The van der Waals surface area contributed by atoms with Crippen LogP contribution in [0.25, 0.3) is 0 Å². The van der Waals surface area contributed by atoms with E-state index in [0.717, 1.165) is 33.2 Å². The second-order valence-electron chi connectivity index (χ2n) is 3.76. The van der Waals surface area contributed by atoms with Crippen LogP contribution in [0.15, 0.2) is 28.5 Å². The van der Waals surface area contributed by atoms with Crippen molar-refractivity contribution in [1.82, 2.24) is 4.98 Å². The van der Waals surface area contributed by atoms with E-state index < -0.39 is 5.97 Å². The van der Waals surface area contributed by atoms with Crippen LogP contribution in [0.1, 0.15) is 21.1 Å². The lowest BCUT2D eigenvalue weighted by atomic mass is 10.2. The fraction of sp³-hybridized carbons (Fsp3) is 0.167. The van der Waals surface area contributed by atoms with Gasteiger partial charge in [0, 0.05) is 21.7 Å². The van der Waals surface area contributed by atoms with Gasteiger partial charge < -0.3 is 10.8 Å². The first-order valence-corrected chi connectivity index (χ1v) is 7.09. The molecule has 4 nitrogen and oxygen atoms in total. The molecule has 0 bridgehead atoms. The lowest BCUT2D eigenvalue weighted by molar-refractivity contribution is 0.0696. The molecule has 0 radical (unpaired) electrons. The molecule has 0 atom stereocenters. The molecule has 0 saturated heterocycles. The van der Waals surface area contributed by atoms with Crippen molar-refractivity contribution in [3.05, 3.63) is 39.8 Å². The van der Waals surface area contributed by atoms with Crippen LogP contribution in [-0.2, 0) is 5.75 Å². The quantitative estimate of drug-likeness (QED) is 0.665. The molecule has 6 heteroatoms. The smallest absolute Gasteiger partial charge is 0.365 e. The number of carboxylic acids is 1. The number of hydrogen-bond donors (Lipinski definition) is 2. The van der Waals surface area contributed by atoms with E-state index in [4.69, 9.17) is 10.8 Å². The average Bonchev–Trinajstić information content (AvgIpc) is 2.76. The van der Waals surface area contributed by atoms with Gasteiger partial charge in [-0.15, -0.1) is 23.1 Å². The molecule has 0 amide bonds. The molecule has 0 saturated carbocycles. The molecule has 0 fully saturated rings. The highest BCUT2D eigenvalue weighted by Gasteiger charge is 2.09. The van der Waals surface area contributed by atoms with E-state index in [1.54, 1.807) is 17.1 Å². The van der Waals surface area contributed by atoms with Crippen molar-refractivity contribution in [2.45, 2.75) is 17.6 Å². The zero-order valence-electron chi connectivity index (χ0n) is 9.71. The van der Waals surface area contributed by atoms with Crippen molar-refractivity contribution < 1.29 is 9.90 Å². The Morgan fingerprint density at radius 3 is 2.94 bits per heavy atom. The van der Waals surface area contributed by atoms with Crippen molar-refractivity contribution in [2.24, 2.45) is 0 Å². The summed E-state index contributed by atoms with van der Waals surface area (Å²) in [4.78, 5) is 15.9. The first kappa shape index (κ1) is 12.9. The maximum absolute atomic E-state index is 10.7. The molecule has 1 heterocycles. The first-order chi connectivity index (χ1) is 8.56. The Hall–Kier alpha value is -1.53. The second kappa shape index (κ2) is 5.41. The number of rotatable bonds is 4. The summed E-state index contributed by atoms with van der Waals surface area (Å²) in [5, 5.41) is 10.7. The van der Waals surface area contributed by atoms with Crippen molar-refractivity contribution in [3.63, 3.8) is 0 Å². The number of carbonyl (C=O) groups is 1. The van der Waals surface area contributed by atoms with Gasteiger partial charge in [-0.1, -0.05) is 0 Å². The first-order valence-electron chi connectivity index (χ1n) is 5.23. The van der Waals surface area contributed by atoms with Crippen LogP contribution < -0.4 is 5.73 Å². The standard InChI is InChI=1S/C12H12N2O2S2/c1-7-4-8(13)2-3-10(7)17-5-9-6-18-11(14-9)12(15)16/h2-4,6H,5,13H2,1H3,(H,15,16). The fourth-order valence-corrected chi connectivity index (χ4v) is 3.12. The monoisotopic (exact) mass is 280 g/mol. The van der Waals surface area contributed by atoms with Gasteiger partial charge in [-0.05, 0) is 30.7 Å². The molecule has 0 aliphatic carbocycles. The maximum atomic E-state index is 10.7. The molecule has 0 unspecified atom stereocenters. The number of anilines is 1. The Bertz CT molecular complexity index is 581. The van der Waals surface area contributed by atoms with E-state index in [1.807, 2.05) is 25.1 Å². The Kier molecular flexibility index (Phi) is 3.88. The summed E-state index contributed by atoms with van der Waals surface area (Å²) in [5.74, 6) is -0.311. The maximum Gasteiger partial charge on any atom is 0.365 e. The van der Waals surface area contributed by atoms with E-state index in [9.17, 15) is 4.79 Å². The number of thiazole rings is 1. The highest BCUT2D eigenvalue weighted by Crippen LogP contribution is 2.27. The lowest BCUT2D eigenvalue weighted by Crippen LogP contribution is -1.95. The third kappa shape index (κ3) is 3.02. The number of aromatic nitrogens is 1. The van der Waals surface area contributed by atoms with E-state index in [2.05, 4.69) is 4.98 Å². The molecule has 94 valence electrons. The van der Waals surface area contributed by atoms with Crippen molar-refractivity contribution in [2.75, 3.05) is 5.73 Å². The van der Waals surface area contributed by atoms with E-state index in [-0.39, 0.29) is 5.01 Å². The Morgan fingerprint density at radius 2 is 2.33 bits per heavy atom. The van der Waals surface area contributed by atoms with Gasteiger partial charge >= 0.3 is 5.97 Å². The van der Waals surface area contributed by atoms with Gasteiger partial charge in [-0.25, -0.2) is 9.78 Å². The summed E-state index contributed by atoms with van der Waals surface area (Å²) < 4.78 is 0. The van der Waals surface area contributed by atoms with Crippen molar-refractivity contribution >= 4 is 34.8 Å². The number of thioether (sulfide) groups is 1. The molecule has 1 aromatic carbocycles. The third-order valence-corrected chi connectivity index (χ3v) is 4.40. The summed E-state index contributed by atoms with van der Waals surface area (Å²) in [6.45, 7) is 2.00. The number of aromatic carboxylic acids is 1. The van der Waals surface area contributed by atoms with Crippen molar-refractivity contribution in [3.8, 4) is 0 Å². The number of nitrogens with zero attached hydrogens (tertiary/aromatic N) is 1. The van der Waals surface area contributed by atoms with E-state index in [0.29, 0.717) is 5.75 Å². The molecular formula is C12H12N2O2S2. The van der Waals surface area contributed by atoms with Gasteiger partial charge in [0.25, 0.3) is 0 Å². The number of aryl methyl sites for hydroxylation is 1. The van der Waals surface area contributed by atoms with Crippen molar-refractivity contribution in [1.29, 1.82) is 0 Å². The molecule has 0 aliphatic rings. The molecule has 18 heavy (non-hydrogen) atoms. The van der Waals surface area contributed by atoms with Crippen LogP contribution in [0.2, 0.25) is 0 Å². The van der Waals surface area contributed by atoms with Crippen LogP contribution in [0.3, 0.4) is 0 Å². The number of nitrogen functional groups attached to an aromatic ring is 1. The number of carboxylic acid groups (broad SMARTS) is 1. The zero-order chi connectivity index (χ0) is 13.1. The Labute approximate surface area is 113 Å². The molecule has 2 rings (SSSR count). The second-order valence-corrected chi connectivity index (χ2v) is 5.64. The largest absolute Gasteiger partial charge is 0.476 e. The van der Waals surface area contributed by atoms with Crippen LogP contribution >= 0.6 is 23.1 Å². The van der Waals surface area contributed by atoms with Gasteiger partial charge in [0.1, 0.15) is 0 Å². The molecule has 0 aliphatic heterocycles. The van der Waals surface area contributed by atoms with Crippen LogP contribution in [0, 0.1) is 6.92 Å². The van der Waals surface area contributed by atoms with Gasteiger partial charge in [-0.3, -0.25) is 0 Å². The fourth-order valence-electron chi connectivity index (χ4n) is 1.46. The van der Waals surface area contributed by atoms with Crippen LogP contribution in [0.4, 0.5) is 5.69 Å². The lowest BCUT2D eigenvalue weighted by Gasteiger charge is -2.04. The number of hydrogen-bond acceptors (Lipinski definition) is 5. The van der Waals surface area contributed by atoms with E-state index >= 15 is 0 Å². The predicted molar refractivity (Wildman–Crippen MR) is 74.2 cm³/mol. The molecule has 3 N–H and O–H groups in total. The zero-order valence-corrected chi connectivity index (χ0v) is 11.3. The third-order valence-electron chi connectivity index (χ3n) is 2.31. The summed E-state index contributed by atoms with van der Waals surface area (Å²) in [7, 11) is 0. The topological polar surface area (TPSA) is 76.2 Å². The Morgan fingerprint density at radius 1 is 1.56 bits per heavy atom. The van der Waals surface area contributed by atoms with Gasteiger partial charge in [-0.2, -0.15) is 0 Å². The molecular weight excluding hydrogens is 268 g/mol. The SMILES string of the molecule is Cc1cc(N)ccc1SCc1csc(C(=O)O)n1. The van der Waals surface area contributed by atoms with Gasteiger partial charge in [0.2, 0.25) is 5.01 Å². The summed E-state index contributed by atoms with van der Waals surface area (Å²) in [6, 6.07) is 5.75. The minimum Gasteiger partial charge on any atom is -0.476 e. The van der Waals surface area contributed by atoms with Crippen LogP contribution in [0.5, 0.6) is 0 Å². The molecule has 2 aromatic rings. The number of nitrogens with two attached hydrogens (primary N) is 1.